The van der Waals surface area contributed by atoms with E-state index >= 15 is 0 Å². The lowest BCUT2D eigenvalue weighted by molar-refractivity contribution is 0.284. The highest BCUT2D eigenvalue weighted by atomic mass is 35.5. The fraction of sp³-hybridized carbons (Fsp3) is 0.240. The number of hydrogen-bond acceptors (Lipinski definition) is 4. The summed E-state index contributed by atoms with van der Waals surface area (Å²) in [5.41, 5.74) is 4.20. The number of fused-ring (bicyclic) bond motifs is 1. The van der Waals surface area contributed by atoms with Crippen LogP contribution in [0.5, 0.6) is 11.5 Å². The number of nitrogens with one attached hydrogen (secondary N) is 2. The summed E-state index contributed by atoms with van der Waals surface area (Å²) in [5, 5.41) is 4.19. The van der Waals surface area contributed by atoms with Gasteiger partial charge in [0.05, 0.1) is 18.1 Å². The maximum Gasteiger partial charge on any atom is 0.161 e. The first-order valence-corrected chi connectivity index (χ1v) is 10.8. The molecule has 160 valence electrons. The Balaban J connectivity index is 1.25. The van der Waals surface area contributed by atoms with Gasteiger partial charge in [0.1, 0.15) is 12.4 Å². The van der Waals surface area contributed by atoms with E-state index in [0.717, 1.165) is 53.9 Å². The number of H-pyrrole nitrogens is 1. The number of ether oxygens (including phenoxy) is 2. The van der Waals surface area contributed by atoms with E-state index < -0.39 is 0 Å². The molecule has 0 unspecified atom stereocenters. The molecule has 0 saturated heterocycles. The molecule has 0 aliphatic heterocycles. The van der Waals surface area contributed by atoms with Crippen molar-refractivity contribution in [1.29, 1.82) is 0 Å². The van der Waals surface area contributed by atoms with Gasteiger partial charge in [-0.1, -0.05) is 48.0 Å². The van der Waals surface area contributed by atoms with Gasteiger partial charge in [0.2, 0.25) is 0 Å². The van der Waals surface area contributed by atoms with Crippen molar-refractivity contribution in [2.75, 3.05) is 13.7 Å². The molecule has 0 radical (unpaired) electrons. The Kier molecular flexibility index (Phi) is 7.07. The Morgan fingerprint density at radius 3 is 2.68 bits per heavy atom. The third kappa shape index (κ3) is 5.57. The Morgan fingerprint density at radius 1 is 1.00 bits per heavy atom. The number of aromatic amines is 1. The number of benzene rings is 3. The van der Waals surface area contributed by atoms with Crippen LogP contribution >= 0.6 is 11.6 Å². The summed E-state index contributed by atoms with van der Waals surface area (Å²) < 4.78 is 11.4. The Morgan fingerprint density at radius 2 is 1.84 bits per heavy atom. The second-order valence-electron chi connectivity index (χ2n) is 7.35. The van der Waals surface area contributed by atoms with Gasteiger partial charge in [0, 0.05) is 23.6 Å². The van der Waals surface area contributed by atoms with Gasteiger partial charge in [0.15, 0.2) is 11.5 Å². The monoisotopic (exact) mass is 435 g/mol. The molecule has 5 nitrogen and oxygen atoms in total. The molecule has 0 aliphatic rings. The number of aromatic nitrogens is 2. The van der Waals surface area contributed by atoms with Crippen LogP contribution in [0.2, 0.25) is 5.02 Å². The lowest BCUT2D eigenvalue weighted by atomic mass is 10.2. The van der Waals surface area contributed by atoms with Crippen LogP contribution in [0.15, 0.2) is 66.7 Å². The molecule has 2 N–H and O–H groups in total. The van der Waals surface area contributed by atoms with Crippen LogP contribution in [0, 0.1) is 0 Å². The molecule has 0 spiro atoms. The van der Waals surface area contributed by atoms with E-state index in [-0.39, 0.29) is 0 Å². The van der Waals surface area contributed by atoms with Crippen molar-refractivity contribution in [3.05, 3.63) is 88.7 Å². The molecule has 0 aliphatic carbocycles. The van der Waals surface area contributed by atoms with E-state index in [1.54, 1.807) is 7.11 Å². The standard InChI is InChI=1S/C25H26ClN3O2/c1-30-24-15-18(12-13-23(24)31-17-19-7-2-3-8-20(19)26)16-27-14-6-11-25-28-21-9-4-5-10-22(21)29-25/h2-5,7-10,12-13,15,27H,6,11,14,16-17H2,1H3,(H,28,29). The van der Waals surface area contributed by atoms with Gasteiger partial charge in [0.25, 0.3) is 0 Å². The SMILES string of the molecule is COc1cc(CNCCCc2nc3ccccc3[nH]2)ccc1OCc1ccccc1Cl. The van der Waals surface area contributed by atoms with Gasteiger partial charge in [-0.3, -0.25) is 0 Å². The molecule has 31 heavy (non-hydrogen) atoms. The molecule has 0 bridgehead atoms. The van der Waals surface area contributed by atoms with Crippen molar-refractivity contribution >= 4 is 22.6 Å². The average molecular weight is 436 g/mol. The van der Waals surface area contributed by atoms with Crippen molar-refractivity contribution in [3.63, 3.8) is 0 Å². The maximum atomic E-state index is 6.21. The normalized spacial score (nSPS) is 11.0. The summed E-state index contributed by atoms with van der Waals surface area (Å²) in [7, 11) is 1.65. The van der Waals surface area contributed by atoms with Gasteiger partial charge < -0.3 is 19.8 Å². The van der Waals surface area contributed by atoms with E-state index in [4.69, 9.17) is 21.1 Å². The number of aryl methyl sites for hydroxylation is 1. The van der Waals surface area contributed by atoms with Crippen molar-refractivity contribution in [2.45, 2.75) is 26.0 Å². The van der Waals surface area contributed by atoms with Gasteiger partial charge in [-0.25, -0.2) is 4.98 Å². The molecule has 1 aromatic heterocycles. The molecule has 4 rings (SSSR count). The summed E-state index contributed by atoms with van der Waals surface area (Å²) in [6.45, 7) is 2.07. The highest BCUT2D eigenvalue weighted by Crippen LogP contribution is 2.29. The van der Waals surface area contributed by atoms with Gasteiger partial charge in [-0.2, -0.15) is 0 Å². The summed E-state index contributed by atoms with van der Waals surface area (Å²) >= 11 is 6.21. The highest BCUT2D eigenvalue weighted by molar-refractivity contribution is 6.31. The van der Waals surface area contributed by atoms with Crippen molar-refractivity contribution in [2.24, 2.45) is 0 Å². The third-order valence-electron chi connectivity index (χ3n) is 5.10. The van der Waals surface area contributed by atoms with Gasteiger partial charge in [-0.15, -0.1) is 0 Å². The number of methoxy groups -OCH3 is 1. The van der Waals surface area contributed by atoms with Crippen LogP contribution in [0.4, 0.5) is 0 Å². The minimum absolute atomic E-state index is 0.398. The quantitative estimate of drug-likeness (QED) is 0.322. The summed E-state index contributed by atoms with van der Waals surface area (Å²) in [6, 6.07) is 21.8. The first-order valence-electron chi connectivity index (χ1n) is 10.4. The number of imidazole rings is 1. The zero-order valence-electron chi connectivity index (χ0n) is 17.5. The summed E-state index contributed by atoms with van der Waals surface area (Å²) in [5.74, 6) is 2.45. The lowest BCUT2D eigenvalue weighted by Gasteiger charge is -2.13. The molecule has 3 aromatic carbocycles. The van der Waals surface area contributed by atoms with Crippen LogP contribution in [0.3, 0.4) is 0 Å². The Bertz CT molecular complexity index is 1110. The number of para-hydroxylation sites is 2. The second kappa shape index (κ2) is 10.3. The second-order valence-corrected chi connectivity index (χ2v) is 7.75. The molecule has 1 heterocycles. The molecular weight excluding hydrogens is 410 g/mol. The van der Waals surface area contributed by atoms with Crippen LogP contribution < -0.4 is 14.8 Å². The predicted molar refractivity (Wildman–Crippen MR) is 125 cm³/mol. The van der Waals surface area contributed by atoms with E-state index in [0.29, 0.717) is 23.1 Å². The molecule has 0 amide bonds. The van der Waals surface area contributed by atoms with Crippen LogP contribution in [-0.4, -0.2) is 23.6 Å². The fourth-order valence-corrected chi connectivity index (χ4v) is 3.64. The first kappa shape index (κ1) is 21.2. The van der Waals surface area contributed by atoms with E-state index in [9.17, 15) is 0 Å². The third-order valence-corrected chi connectivity index (χ3v) is 5.47. The van der Waals surface area contributed by atoms with Gasteiger partial charge in [-0.05, 0) is 48.9 Å². The smallest absolute Gasteiger partial charge is 0.161 e. The molecule has 6 heteroatoms. The Labute approximate surface area is 187 Å². The molecular formula is C25H26ClN3O2. The van der Waals surface area contributed by atoms with Crippen molar-refractivity contribution in [3.8, 4) is 11.5 Å². The average Bonchev–Trinajstić information content (AvgIpc) is 3.21. The number of halogens is 1. The molecule has 0 atom stereocenters. The van der Waals surface area contributed by atoms with E-state index in [2.05, 4.69) is 27.4 Å². The van der Waals surface area contributed by atoms with E-state index in [1.807, 2.05) is 54.6 Å². The summed E-state index contributed by atoms with van der Waals surface area (Å²) in [6.07, 6.45) is 1.93. The Hall–Kier alpha value is -3.02. The topological polar surface area (TPSA) is 59.2 Å². The zero-order chi connectivity index (χ0) is 21.5. The fourth-order valence-electron chi connectivity index (χ4n) is 3.45. The first-order chi connectivity index (χ1) is 15.2. The minimum atomic E-state index is 0.398. The van der Waals surface area contributed by atoms with Crippen LogP contribution in [0.25, 0.3) is 11.0 Å². The zero-order valence-corrected chi connectivity index (χ0v) is 18.3. The van der Waals surface area contributed by atoms with Crippen LogP contribution in [0.1, 0.15) is 23.4 Å². The largest absolute Gasteiger partial charge is 0.493 e. The molecule has 4 aromatic rings. The maximum absolute atomic E-state index is 6.21. The van der Waals surface area contributed by atoms with E-state index in [1.165, 1.54) is 0 Å². The summed E-state index contributed by atoms with van der Waals surface area (Å²) in [4.78, 5) is 8.00. The lowest BCUT2D eigenvalue weighted by Crippen LogP contribution is -2.15. The number of rotatable bonds is 10. The van der Waals surface area contributed by atoms with Crippen molar-refractivity contribution < 1.29 is 9.47 Å². The van der Waals surface area contributed by atoms with Crippen LogP contribution in [-0.2, 0) is 19.6 Å². The van der Waals surface area contributed by atoms with Crippen molar-refractivity contribution in [1.82, 2.24) is 15.3 Å². The highest BCUT2D eigenvalue weighted by Gasteiger charge is 2.08. The predicted octanol–water partition coefficient (Wildman–Crippen LogP) is 5.53. The minimum Gasteiger partial charge on any atom is -0.493 e. The van der Waals surface area contributed by atoms with Gasteiger partial charge >= 0.3 is 0 Å². The number of nitrogens with zero attached hydrogens (tertiary/aromatic N) is 1. The molecule has 0 saturated carbocycles. The molecule has 0 fully saturated rings. The number of hydrogen-bond donors (Lipinski definition) is 2.